The summed E-state index contributed by atoms with van der Waals surface area (Å²) in [6.07, 6.45) is 2.48. The predicted octanol–water partition coefficient (Wildman–Crippen LogP) is 2.11. The van der Waals surface area contributed by atoms with Gasteiger partial charge in [0.05, 0.1) is 3.39 Å². The van der Waals surface area contributed by atoms with Gasteiger partial charge in [-0.3, -0.25) is 0 Å². The first kappa shape index (κ1) is 8.92. The molecule has 0 bridgehead atoms. The Morgan fingerprint density at radius 1 is 1.50 bits per heavy atom. The summed E-state index contributed by atoms with van der Waals surface area (Å²) in [5.74, 6) is 0. The van der Waals surface area contributed by atoms with E-state index in [1.54, 1.807) is 0 Å². The molecule has 0 radical (unpaired) electrons. The van der Waals surface area contributed by atoms with Crippen molar-refractivity contribution in [1.29, 1.82) is 0 Å². The van der Waals surface area contributed by atoms with Crippen LogP contribution < -0.4 is 0 Å². The lowest BCUT2D eigenvalue weighted by Crippen LogP contribution is -1.79. The van der Waals surface area contributed by atoms with Gasteiger partial charge < -0.3 is 0 Å². The summed E-state index contributed by atoms with van der Waals surface area (Å²) in [5.41, 5.74) is 0. The van der Waals surface area contributed by atoms with Crippen molar-refractivity contribution in [2.24, 2.45) is 0 Å². The van der Waals surface area contributed by atoms with Crippen LogP contribution in [0.4, 0.5) is 0 Å². The number of hydrogen-bond acceptors (Lipinski definition) is 0. The molecule has 0 N–H and O–H groups in total. The summed E-state index contributed by atoms with van der Waals surface area (Å²) in [6.45, 7) is 2.20. The van der Waals surface area contributed by atoms with Gasteiger partial charge >= 0.3 is 0 Å². The predicted molar refractivity (Wildman–Crippen MR) is 49.7 cm³/mol. The lowest BCUT2D eigenvalue weighted by molar-refractivity contribution is 0.946. The van der Waals surface area contributed by atoms with Crippen LogP contribution >= 0.6 is 31.9 Å². The van der Waals surface area contributed by atoms with Gasteiger partial charge in [0.15, 0.2) is 0 Å². The van der Waals surface area contributed by atoms with Crippen molar-refractivity contribution in [3.63, 3.8) is 0 Å². The van der Waals surface area contributed by atoms with Crippen molar-refractivity contribution >= 4 is 42.1 Å². The van der Waals surface area contributed by atoms with Crippen molar-refractivity contribution in [2.75, 3.05) is 0 Å². The van der Waals surface area contributed by atoms with Crippen LogP contribution in [0.2, 0.25) is 0 Å². The van der Waals surface area contributed by atoms with Gasteiger partial charge in [-0.15, -0.1) is 0 Å². The molecule has 8 heavy (non-hydrogen) atoms. The largest absolute Gasteiger partial charge is 0.0710 e. The molecule has 0 amide bonds. The summed E-state index contributed by atoms with van der Waals surface area (Å²) in [6, 6.07) is 0. The molecule has 0 heterocycles. The average molecular weight is 258 g/mol. The maximum atomic E-state index is 3.37. The Labute approximate surface area is 70.4 Å². The summed E-state index contributed by atoms with van der Waals surface area (Å²) in [7, 11) is 1.17. The number of rotatable bonds is 2. The van der Waals surface area contributed by atoms with Crippen molar-refractivity contribution in [1.82, 2.24) is 0 Å². The van der Waals surface area contributed by atoms with Crippen LogP contribution in [0.5, 0.6) is 0 Å². The van der Waals surface area contributed by atoms with E-state index in [2.05, 4.69) is 38.8 Å². The van der Waals surface area contributed by atoms with Crippen LogP contribution in [-0.2, 0) is 0 Å². The number of hydrogen-bond donors (Lipinski definition) is 0. The smallest absolute Gasteiger partial charge is 0.0547 e. The van der Waals surface area contributed by atoms with Gasteiger partial charge in [-0.25, -0.2) is 0 Å². The molecule has 0 aromatic rings. The minimum atomic E-state index is 1.17. The molecule has 0 fully saturated rings. The van der Waals surface area contributed by atoms with E-state index in [4.69, 9.17) is 0 Å². The first-order valence-corrected chi connectivity index (χ1v) is 5.27. The third-order valence-electron chi connectivity index (χ3n) is 0.948. The maximum absolute atomic E-state index is 3.37. The first-order valence-electron chi connectivity index (χ1n) is 2.69. The van der Waals surface area contributed by atoms with Gasteiger partial charge in [-0.05, 0) is 38.3 Å². The Kier molecular flexibility index (Phi) is 5.31. The summed E-state index contributed by atoms with van der Waals surface area (Å²) in [5, 5.41) is 1.52. The third kappa shape index (κ3) is 3.86. The van der Waals surface area contributed by atoms with Crippen molar-refractivity contribution in [2.45, 2.75) is 19.8 Å². The highest BCUT2D eigenvalue weighted by Gasteiger charge is 1.90. The molecule has 0 rings (SSSR count). The highest BCUT2D eigenvalue weighted by Crippen LogP contribution is 2.19. The molecule has 0 aromatic carbocycles. The molecular weight excluding hydrogens is 248 g/mol. The molecule has 0 saturated carbocycles. The summed E-state index contributed by atoms with van der Waals surface area (Å²) in [4.78, 5) is 0. The fourth-order valence-electron chi connectivity index (χ4n) is 0.469. The molecule has 0 aliphatic carbocycles. The van der Waals surface area contributed by atoms with E-state index in [1.807, 2.05) is 0 Å². The molecule has 0 aliphatic heterocycles. The van der Waals surface area contributed by atoms with E-state index in [0.29, 0.717) is 0 Å². The number of allylic oxidation sites excluding steroid dienone is 1. The molecule has 3 heteroatoms. The van der Waals surface area contributed by atoms with Crippen molar-refractivity contribution in [3.8, 4) is 0 Å². The Hall–Kier alpha value is 0.917. The third-order valence-corrected chi connectivity index (χ3v) is 4.77. The Bertz CT molecular complexity index is 94.6. The van der Waals surface area contributed by atoms with Crippen LogP contribution in [0.1, 0.15) is 19.8 Å². The van der Waals surface area contributed by atoms with E-state index >= 15 is 0 Å². The Balaban J connectivity index is 3.62. The molecule has 0 aromatic heterocycles. The topological polar surface area (TPSA) is 0 Å². The van der Waals surface area contributed by atoms with E-state index in [1.165, 1.54) is 31.7 Å². The molecule has 0 unspecified atom stereocenters. The summed E-state index contributed by atoms with van der Waals surface area (Å²) < 4.78 is 1.17. The molecule has 0 aliphatic rings. The van der Waals surface area contributed by atoms with Gasteiger partial charge in [0.1, 0.15) is 0 Å². The highest BCUT2D eigenvalue weighted by molar-refractivity contribution is 9.28. The average Bonchev–Trinajstić information content (AvgIpc) is 1.67. The fourth-order valence-corrected chi connectivity index (χ4v) is 1.37. The molecule has 48 valence electrons. The van der Waals surface area contributed by atoms with Gasteiger partial charge in [0, 0.05) is 10.2 Å². The lowest BCUT2D eigenvalue weighted by atomic mass is 10.3. The molecule has 0 nitrogen and oxygen atoms in total. The van der Waals surface area contributed by atoms with Gasteiger partial charge in [0.2, 0.25) is 0 Å². The van der Waals surface area contributed by atoms with E-state index in [9.17, 15) is 0 Å². The van der Waals surface area contributed by atoms with Crippen LogP contribution in [0.25, 0.3) is 0 Å². The van der Waals surface area contributed by atoms with E-state index in [-0.39, 0.29) is 0 Å². The zero-order chi connectivity index (χ0) is 6.57. The fraction of sp³-hybridized carbons (Fsp3) is 0.600. The second-order valence-electron chi connectivity index (χ2n) is 1.79. The molecule has 0 spiro atoms. The Morgan fingerprint density at radius 3 is 2.12 bits per heavy atom. The maximum Gasteiger partial charge on any atom is 0.0547 e. The van der Waals surface area contributed by atoms with Gasteiger partial charge in [-0.1, -0.05) is 18.5 Å². The summed E-state index contributed by atoms with van der Waals surface area (Å²) >= 11 is 6.74. The lowest BCUT2D eigenvalue weighted by Gasteiger charge is -1.95. The monoisotopic (exact) mass is 256 g/mol. The molecule has 0 saturated heterocycles. The quantitative estimate of drug-likeness (QED) is 0.665. The van der Waals surface area contributed by atoms with Gasteiger partial charge in [-0.2, -0.15) is 0 Å². The minimum Gasteiger partial charge on any atom is -0.0710 e. The second kappa shape index (κ2) is 4.76. The van der Waals surface area contributed by atoms with Crippen molar-refractivity contribution in [3.05, 3.63) is 8.59 Å². The van der Waals surface area contributed by atoms with Gasteiger partial charge in [0.25, 0.3) is 0 Å². The van der Waals surface area contributed by atoms with E-state index < -0.39 is 0 Å². The van der Waals surface area contributed by atoms with Crippen LogP contribution in [-0.4, -0.2) is 10.2 Å². The van der Waals surface area contributed by atoms with Crippen molar-refractivity contribution < 1.29 is 0 Å². The Morgan fingerprint density at radius 2 is 2.00 bits per heavy atom. The van der Waals surface area contributed by atoms with Crippen LogP contribution in [0.3, 0.4) is 0 Å². The first-order chi connectivity index (χ1) is 3.68. The standard InChI is InChI=1S/C5H10Br2Si/c1-2-3-4(8)5(6)7/h2-3H2,1,8H3. The highest BCUT2D eigenvalue weighted by atomic mass is 79.9. The zero-order valence-electron chi connectivity index (χ0n) is 5.17. The molecular formula is C5H10Br2Si. The van der Waals surface area contributed by atoms with Crippen LogP contribution in [0, 0.1) is 0 Å². The minimum absolute atomic E-state index is 1.17. The van der Waals surface area contributed by atoms with E-state index in [0.717, 1.165) is 0 Å². The second-order valence-corrected chi connectivity index (χ2v) is 5.65. The molecule has 0 atom stereocenters. The van der Waals surface area contributed by atoms with Crippen LogP contribution in [0.15, 0.2) is 8.59 Å². The number of halogens is 2. The SMILES string of the molecule is CCCC([SiH3])=C(Br)Br. The zero-order valence-corrected chi connectivity index (χ0v) is 10.3. The normalized spacial score (nSPS) is 9.38.